The van der Waals surface area contributed by atoms with Crippen LogP contribution in [0.15, 0.2) is 10.5 Å². The number of thiazole rings is 1. The van der Waals surface area contributed by atoms with E-state index in [0.717, 1.165) is 11.3 Å². The number of hydrogen-bond acceptors (Lipinski definition) is 6. The van der Waals surface area contributed by atoms with E-state index in [0.29, 0.717) is 0 Å². The van der Waals surface area contributed by atoms with Crippen LogP contribution >= 0.6 is 22.9 Å². The number of nitrogens with zero attached hydrogens (tertiary/aromatic N) is 2. The second-order valence-corrected chi connectivity index (χ2v) is 4.09. The van der Waals surface area contributed by atoms with Crippen molar-refractivity contribution in [3.05, 3.63) is 16.1 Å². The van der Waals surface area contributed by atoms with Crippen LogP contribution in [0.2, 0.25) is 0 Å². The van der Waals surface area contributed by atoms with Gasteiger partial charge in [0, 0.05) is 5.38 Å². The van der Waals surface area contributed by atoms with Gasteiger partial charge in [0.05, 0.1) is 0 Å². The lowest BCUT2D eigenvalue weighted by Crippen LogP contribution is -2.18. The zero-order valence-electron chi connectivity index (χ0n) is 8.58. The number of carboxylic acids is 1. The van der Waals surface area contributed by atoms with E-state index in [2.05, 4.69) is 15.0 Å². The number of nitrogens with two attached hydrogens (primary N) is 1. The maximum Gasteiger partial charge on any atom is 0.360 e. The van der Waals surface area contributed by atoms with E-state index in [1.807, 2.05) is 0 Å². The Kier molecular flexibility index (Phi) is 4.41. The van der Waals surface area contributed by atoms with Crippen molar-refractivity contribution in [3.63, 3.8) is 0 Å². The topological polar surface area (TPSA) is 115 Å². The van der Waals surface area contributed by atoms with Gasteiger partial charge in [0.15, 0.2) is 5.38 Å². The number of primary amides is 1. The van der Waals surface area contributed by atoms with Crippen molar-refractivity contribution in [2.24, 2.45) is 10.9 Å². The van der Waals surface area contributed by atoms with Crippen LogP contribution in [0, 0.1) is 0 Å². The Morgan fingerprint density at radius 3 is 2.82 bits per heavy atom. The first-order chi connectivity index (χ1) is 7.97. The lowest BCUT2D eigenvalue weighted by atomic mass is 10.3. The van der Waals surface area contributed by atoms with Crippen molar-refractivity contribution >= 4 is 40.5 Å². The van der Waals surface area contributed by atoms with Crippen LogP contribution in [0.4, 0.5) is 0 Å². The van der Waals surface area contributed by atoms with Crippen LogP contribution in [0.25, 0.3) is 0 Å². The fourth-order valence-corrected chi connectivity index (χ4v) is 1.91. The molecule has 1 atom stereocenters. The molecule has 1 amide bonds. The Labute approximate surface area is 105 Å². The summed E-state index contributed by atoms with van der Waals surface area (Å²) in [6, 6.07) is 0. The van der Waals surface area contributed by atoms with Gasteiger partial charge >= 0.3 is 5.97 Å². The van der Waals surface area contributed by atoms with Gasteiger partial charge in [0.25, 0.3) is 0 Å². The Morgan fingerprint density at radius 1 is 1.71 bits per heavy atom. The molecule has 9 heteroatoms. The number of carbonyl (C=O) groups excluding carboxylic acids is 1. The van der Waals surface area contributed by atoms with Crippen molar-refractivity contribution in [2.75, 3.05) is 7.11 Å². The molecule has 0 radical (unpaired) electrons. The highest BCUT2D eigenvalue weighted by molar-refractivity contribution is 7.10. The summed E-state index contributed by atoms with van der Waals surface area (Å²) in [5, 5.41) is 12.7. The number of halogens is 1. The summed E-state index contributed by atoms with van der Waals surface area (Å²) in [5.41, 5.74) is 4.69. The fraction of sp³-hybridized carbons (Fsp3) is 0.250. The molecule has 1 rings (SSSR count). The van der Waals surface area contributed by atoms with Crippen molar-refractivity contribution < 1.29 is 19.5 Å². The van der Waals surface area contributed by atoms with E-state index in [-0.39, 0.29) is 16.4 Å². The fourth-order valence-electron chi connectivity index (χ4n) is 0.921. The molecule has 1 heterocycles. The molecule has 92 valence electrons. The lowest BCUT2D eigenvalue weighted by Gasteiger charge is -1.99. The van der Waals surface area contributed by atoms with Crippen LogP contribution in [-0.4, -0.2) is 34.8 Å². The lowest BCUT2D eigenvalue weighted by molar-refractivity contribution is -0.129. The normalized spacial score (nSPS) is 13.2. The van der Waals surface area contributed by atoms with Crippen LogP contribution < -0.4 is 5.73 Å². The molecule has 0 aliphatic rings. The zero-order chi connectivity index (χ0) is 13.0. The second kappa shape index (κ2) is 5.60. The molecule has 0 fully saturated rings. The molecule has 17 heavy (non-hydrogen) atoms. The number of alkyl halides is 1. The van der Waals surface area contributed by atoms with Gasteiger partial charge in [-0.05, 0) is 0 Å². The molecule has 0 saturated carbocycles. The summed E-state index contributed by atoms with van der Waals surface area (Å²) in [5.74, 6) is -2.05. The molecule has 0 aromatic carbocycles. The van der Waals surface area contributed by atoms with Crippen LogP contribution in [0.1, 0.15) is 16.1 Å². The molecule has 0 saturated heterocycles. The number of carboxylic acid groups (broad SMARTS) is 1. The van der Waals surface area contributed by atoms with E-state index < -0.39 is 17.3 Å². The number of rotatable bonds is 5. The smallest absolute Gasteiger partial charge is 0.360 e. The number of carbonyl (C=O) groups is 2. The highest BCUT2D eigenvalue weighted by Gasteiger charge is 2.22. The molecule has 0 bridgehead atoms. The third-order valence-electron chi connectivity index (χ3n) is 1.62. The molecule has 0 aliphatic carbocycles. The number of oxime groups is 1. The zero-order valence-corrected chi connectivity index (χ0v) is 10.2. The molecule has 7 nitrogen and oxygen atoms in total. The molecule has 1 aromatic rings. The minimum Gasteiger partial charge on any atom is -0.476 e. The van der Waals surface area contributed by atoms with Crippen molar-refractivity contribution in [1.29, 1.82) is 0 Å². The summed E-state index contributed by atoms with van der Waals surface area (Å²) < 4.78 is 0. The van der Waals surface area contributed by atoms with Gasteiger partial charge in [-0.3, -0.25) is 4.79 Å². The maximum atomic E-state index is 10.8. The van der Waals surface area contributed by atoms with Gasteiger partial charge in [-0.25, -0.2) is 9.78 Å². The Bertz CT molecular complexity index is 473. The molecule has 0 aliphatic heterocycles. The molecule has 0 spiro atoms. The summed E-state index contributed by atoms with van der Waals surface area (Å²) in [6.45, 7) is 0. The summed E-state index contributed by atoms with van der Waals surface area (Å²) in [7, 11) is 1.21. The van der Waals surface area contributed by atoms with Crippen LogP contribution in [-0.2, 0) is 14.4 Å². The van der Waals surface area contributed by atoms with E-state index >= 15 is 0 Å². The molecule has 1 aromatic heterocycles. The summed E-state index contributed by atoms with van der Waals surface area (Å²) in [6.07, 6.45) is 0. The molecular formula is C8H8ClN3O4S. The van der Waals surface area contributed by atoms with Gasteiger partial charge in [-0.1, -0.05) is 5.16 Å². The average Bonchev–Trinajstić information content (AvgIpc) is 2.73. The molecule has 1 unspecified atom stereocenters. The highest BCUT2D eigenvalue weighted by atomic mass is 35.5. The highest BCUT2D eigenvalue weighted by Crippen LogP contribution is 2.24. The largest absolute Gasteiger partial charge is 0.476 e. The van der Waals surface area contributed by atoms with E-state index in [1.54, 1.807) is 0 Å². The Morgan fingerprint density at radius 2 is 2.35 bits per heavy atom. The van der Waals surface area contributed by atoms with Crippen molar-refractivity contribution in [1.82, 2.24) is 4.98 Å². The molecule has 3 N–H and O–H groups in total. The SMILES string of the molecule is CON=C(C(=O)O)c1csc(C(Cl)C(N)=O)n1. The van der Waals surface area contributed by atoms with Gasteiger partial charge < -0.3 is 15.7 Å². The Balaban J connectivity index is 3.05. The number of hydrogen-bond donors (Lipinski definition) is 2. The Hall–Kier alpha value is -1.67. The predicted molar refractivity (Wildman–Crippen MR) is 61.1 cm³/mol. The van der Waals surface area contributed by atoms with Gasteiger partial charge in [-0.2, -0.15) is 0 Å². The number of aliphatic carboxylic acids is 1. The first-order valence-corrected chi connectivity index (χ1v) is 5.52. The van der Waals surface area contributed by atoms with Crippen LogP contribution in [0.3, 0.4) is 0 Å². The third-order valence-corrected chi connectivity index (χ3v) is 3.08. The van der Waals surface area contributed by atoms with Crippen molar-refractivity contribution in [3.8, 4) is 0 Å². The third kappa shape index (κ3) is 3.14. The summed E-state index contributed by atoms with van der Waals surface area (Å²) in [4.78, 5) is 29.9. The number of amides is 1. The first kappa shape index (κ1) is 13.4. The first-order valence-electron chi connectivity index (χ1n) is 4.21. The van der Waals surface area contributed by atoms with Gasteiger partial charge in [0.2, 0.25) is 11.6 Å². The second-order valence-electron chi connectivity index (χ2n) is 2.76. The van der Waals surface area contributed by atoms with Crippen LogP contribution in [0.5, 0.6) is 0 Å². The minimum absolute atomic E-state index is 0.0613. The standard InChI is InChI=1S/C8H8ClN3O4S/c1-16-12-5(8(14)15)3-2-17-7(11-3)4(9)6(10)13/h2,4H,1H3,(H2,10,13)(H,14,15). The van der Waals surface area contributed by atoms with E-state index in [4.69, 9.17) is 22.4 Å². The average molecular weight is 278 g/mol. The van der Waals surface area contributed by atoms with E-state index in [9.17, 15) is 9.59 Å². The number of aromatic nitrogens is 1. The summed E-state index contributed by atoms with van der Waals surface area (Å²) >= 11 is 6.68. The van der Waals surface area contributed by atoms with Crippen molar-refractivity contribution in [2.45, 2.75) is 5.38 Å². The van der Waals surface area contributed by atoms with Gasteiger partial charge in [-0.15, -0.1) is 22.9 Å². The molecular weight excluding hydrogens is 270 g/mol. The van der Waals surface area contributed by atoms with E-state index in [1.165, 1.54) is 12.5 Å². The maximum absolute atomic E-state index is 10.8. The van der Waals surface area contributed by atoms with Gasteiger partial charge in [0.1, 0.15) is 17.8 Å². The minimum atomic E-state index is -1.30. The predicted octanol–water partition coefficient (Wildman–Crippen LogP) is 0.343. The monoisotopic (exact) mass is 277 g/mol. The quantitative estimate of drug-likeness (QED) is 0.457.